The number of nitrogens with zero attached hydrogens (tertiary/aromatic N) is 1. The van der Waals surface area contributed by atoms with Crippen molar-refractivity contribution in [1.82, 2.24) is 15.6 Å². The highest BCUT2D eigenvalue weighted by Crippen LogP contribution is 2.16. The molecular formula is C13H23N3S. The molecule has 0 aliphatic carbocycles. The van der Waals surface area contributed by atoms with Crippen molar-refractivity contribution in [1.29, 1.82) is 0 Å². The zero-order valence-corrected chi connectivity index (χ0v) is 11.4. The van der Waals surface area contributed by atoms with E-state index in [0.717, 1.165) is 19.0 Å². The minimum atomic E-state index is 0.545. The molecule has 2 heterocycles. The van der Waals surface area contributed by atoms with Crippen LogP contribution in [0.1, 0.15) is 37.1 Å². The third kappa shape index (κ3) is 4.37. The standard InChI is InChI=1S/C13H23N3S/c1-11(13-16-7-8-17-13)9-14-5-2-3-12-4-6-15-10-12/h7-8,11-12,14-15H,2-6,9-10H2,1H3. The van der Waals surface area contributed by atoms with Gasteiger partial charge in [0.2, 0.25) is 0 Å². The van der Waals surface area contributed by atoms with E-state index in [4.69, 9.17) is 0 Å². The maximum absolute atomic E-state index is 4.35. The van der Waals surface area contributed by atoms with Crippen LogP contribution in [0.2, 0.25) is 0 Å². The molecule has 2 unspecified atom stereocenters. The van der Waals surface area contributed by atoms with Crippen molar-refractivity contribution in [2.75, 3.05) is 26.2 Å². The lowest BCUT2D eigenvalue weighted by Crippen LogP contribution is -2.22. The summed E-state index contributed by atoms with van der Waals surface area (Å²) in [4.78, 5) is 4.35. The molecule has 2 N–H and O–H groups in total. The van der Waals surface area contributed by atoms with Crippen molar-refractivity contribution in [3.8, 4) is 0 Å². The Labute approximate surface area is 108 Å². The summed E-state index contributed by atoms with van der Waals surface area (Å²) in [5.41, 5.74) is 0. The van der Waals surface area contributed by atoms with Crippen LogP contribution in [-0.2, 0) is 0 Å². The lowest BCUT2D eigenvalue weighted by Gasteiger charge is -2.11. The summed E-state index contributed by atoms with van der Waals surface area (Å²) in [7, 11) is 0. The molecule has 0 amide bonds. The summed E-state index contributed by atoms with van der Waals surface area (Å²) in [5, 5.41) is 10.3. The first kappa shape index (κ1) is 13.0. The molecule has 96 valence electrons. The van der Waals surface area contributed by atoms with Crippen LogP contribution < -0.4 is 10.6 Å². The SMILES string of the molecule is CC(CNCCCC1CCNC1)c1nccs1. The molecule has 1 aromatic rings. The molecule has 3 nitrogen and oxygen atoms in total. The zero-order chi connectivity index (χ0) is 11.9. The summed E-state index contributed by atoms with van der Waals surface area (Å²) in [6.45, 7) is 6.89. The molecule has 1 aliphatic rings. The minimum Gasteiger partial charge on any atom is -0.316 e. The first-order valence-electron chi connectivity index (χ1n) is 6.67. The van der Waals surface area contributed by atoms with Gasteiger partial charge in [0.25, 0.3) is 0 Å². The van der Waals surface area contributed by atoms with E-state index in [2.05, 4.69) is 27.9 Å². The average Bonchev–Trinajstić information content (AvgIpc) is 3.01. The van der Waals surface area contributed by atoms with Gasteiger partial charge >= 0.3 is 0 Å². The number of thiazole rings is 1. The highest BCUT2D eigenvalue weighted by molar-refractivity contribution is 7.09. The second-order valence-corrected chi connectivity index (χ2v) is 5.90. The summed E-state index contributed by atoms with van der Waals surface area (Å²) in [6, 6.07) is 0. The predicted molar refractivity (Wildman–Crippen MR) is 73.6 cm³/mol. The van der Waals surface area contributed by atoms with Gasteiger partial charge in [-0.25, -0.2) is 4.98 Å². The Bertz CT molecular complexity index is 294. The van der Waals surface area contributed by atoms with Crippen LogP contribution in [0, 0.1) is 5.92 Å². The van der Waals surface area contributed by atoms with Gasteiger partial charge in [-0.15, -0.1) is 11.3 Å². The monoisotopic (exact) mass is 253 g/mol. The zero-order valence-electron chi connectivity index (χ0n) is 10.6. The summed E-state index contributed by atoms with van der Waals surface area (Å²) in [5.74, 6) is 1.47. The van der Waals surface area contributed by atoms with Crippen molar-refractivity contribution in [3.05, 3.63) is 16.6 Å². The molecule has 0 bridgehead atoms. The number of rotatable bonds is 7. The van der Waals surface area contributed by atoms with Gasteiger partial charge in [-0.05, 0) is 44.8 Å². The molecule has 0 aromatic carbocycles. The van der Waals surface area contributed by atoms with Gasteiger partial charge in [-0.3, -0.25) is 0 Å². The maximum atomic E-state index is 4.35. The van der Waals surface area contributed by atoms with E-state index in [-0.39, 0.29) is 0 Å². The van der Waals surface area contributed by atoms with Gasteiger partial charge in [0.15, 0.2) is 0 Å². The van der Waals surface area contributed by atoms with E-state index < -0.39 is 0 Å². The predicted octanol–water partition coefficient (Wildman–Crippen LogP) is 2.23. The Balaban J connectivity index is 1.51. The lowest BCUT2D eigenvalue weighted by atomic mass is 10.0. The third-order valence-corrected chi connectivity index (χ3v) is 4.46. The lowest BCUT2D eigenvalue weighted by molar-refractivity contribution is 0.486. The minimum absolute atomic E-state index is 0.545. The van der Waals surface area contributed by atoms with Crippen LogP contribution in [0.3, 0.4) is 0 Å². The fourth-order valence-electron chi connectivity index (χ4n) is 2.36. The van der Waals surface area contributed by atoms with Gasteiger partial charge in [0.1, 0.15) is 0 Å². The smallest absolute Gasteiger partial charge is 0.0965 e. The summed E-state index contributed by atoms with van der Waals surface area (Å²) >= 11 is 1.76. The Morgan fingerprint density at radius 1 is 1.65 bits per heavy atom. The van der Waals surface area contributed by atoms with Crippen LogP contribution in [0.4, 0.5) is 0 Å². The quantitative estimate of drug-likeness (QED) is 0.732. The fourth-order valence-corrected chi connectivity index (χ4v) is 3.06. The van der Waals surface area contributed by atoms with Crippen molar-refractivity contribution >= 4 is 11.3 Å². The van der Waals surface area contributed by atoms with E-state index in [9.17, 15) is 0 Å². The first-order chi connectivity index (χ1) is 8.36. The van der Waals surface area contributed by atoms with Crippen LogP contribution in [-0.4, -0.2) is 31.2 Å². The molecule has 0 spiro atoms. The van der Waals surface area contributed by atoms with Crippen molar-refractivity contribution < 1.29 is 0 Å². The van der Waals surface area contributed by atoms with Crippen LogP contribution in [0.15, 0.2) is 11.6 Å². The average molecular weight is 253 g/mol. The van der Waals surface area contributed by atoms with E-state index >= 15 is 0 Å². The molecule has 4 heteroatoms. The molecule has 1 aromatic heterocycles. The van der Waals surface area contributed by atoms with E-state index in [1.165, 1.54) is 37.4 Å². The molecule has 0 saturated carbocycles. The highest BCUT2D eigenvalue weighted by atomic mass is 32.1. The Morgan fingerprint density at radius 3 is 3.29 bits per heavy atom. The summed E-state index contributed by atoms with van der Waals surface area (Å²) in [6.07, 6.45) is 5.93. The van der Waals surface area contributed by atoms with Crippen molar-refractivity contribution in [2.45, 2.75) is 32.1 Å². The molecule has 1 saturated heterocycles. The Kier molecular flexibility index (Phi) is 5.42. The van der Waals surface area contributed by atoms with Gasteiger partial charge < -0.3 is 10.6 Å². The van der Waals surface area contributed by atoms with Gasteiger partial charge in [-0.2, -0.15) is 0 Å². The second kappa shape index (κ2) is 7.09. The Morgan fingerprint density at radius 2 is 2.59 bits per heavy atom. The number of hydrogen-bond donors (Lipinski definition) is 2. The molecule has 0 radical (unpaired) electrons. The van der Waals surface area contributed by atoms with Gasteiger partial charge in [0, 0.05) is 24.0 Å². The van der Waals surface area contributed by atoms with Gasteiger partial charge in [-0.1, -0.05) is 6.92 Å². The number of hydrogen-bond acceptors (Lipinski definition) is 4. The topological polar surface area (TPSA) is 37.0 Å². The number of aromatic nitrogens is 1. The van der Waals surface area contributed by atoms with Crippen molar-refractivity contribution in [3.63, 3.8) is 0 Å². The van der Waals surface area contributed by atoms with E-state index in [1.54, 1.807) is 11.3 Å². The first-order valence-corrected chi connectivity index (χ1v) is 7.55. The largest absolute Gasteiger partial charge is 0.316 e. The molecule has 2 rings (SSSR count). The third-order valence-electron chi connectivity index (χ3n) is 3.45. The summed E-state index contributed by atoms with van der Waals surface area (Å²) < 4.78 is 0. The van der Waals surface area contributed by atoms with Gasteiger partial charge in [0.05, 0.1) is 5.01 Å². The maximum Gasteiger partial charge on any atom is 0.0965 e. The number of nitrogens with one attached hydrogen (secondary N) is 2. The molecule has 17 heavy (non-hydrogen) atoms. The molecular weight excluding hydrogens is 230 g/mol. The van der Waals surface area contributed by atoms with Crippen LogP contribution in [0.5, 0.6) is 0 Å². The van der Waals surface area contributed by atoms with Crippen LogP contribution in [0.25, 0.3) is 0 Å². The van der Waals surface area contributed by atoms with E-state index in [0.29, 0.717) is 5.92 Å². The van der Waals surface area contributed by atoms with E-state index in [1.807, 2.05) is 6.20 Å². The molecule has 1 aliphatic heterocycles. The fraction of sp³-hybridized carbons (Fsp3) is 0.769. The Hall–Kier alpha value is -0.450. The highest BCUT2D eigenvalue weighted by Gasteiger charge is 2.13. The second-order valence-electron chi connectivity index (χ2n) is 4.98. The molecule has 1 fully saturated rings. The van der Waals surface area contributed by atoms with Crippen molar-refractivity contribution in [2.24, 2.45) is 5.92 Å². The van der Waals surface area contributed by atoms with Crippen LogP contribution >= 0.6 is 11.3 Å². The molecule has 2 atom stereocenters. The normalized spacial score (nSPS) is 21.8.